The maximum Gasteiger partial charge on any atom is 0.288 e. The van der Waals surface area contributed by atoms with Gasteiger partial charge in [-0.2, -0.15) is 0 Å². The Bertz CT molecular complexity index is 536. The van der Waals surface area contributed by atoms with Gasteiger partial charge < -0.3 is 10.2 Å². The molecule has 0 aliphatic carbocycles. The Labute approximate surface area is 121 Å². The Hall–Kier alpha value is -1.66. The molecule has 1 fully saturated rings. The van der Waals surface area contributed by atoms with Crippen LogP contribution in [-0.2, 0) is 0 Å². The van der Waals surface area contributed by atoms with E-state index >= 15 is 0 Å². The quantitative estimate of drug-likeness (QED) is 0.684. The number of hydrogen-bond donors (Lipinski definition) is 1. The van der Waals surface area contributed by atoms with Crippen molar-refractivity contribution in [2.45, 2.75) is 18.9 Å². The number of benzene rings is 1. The molecule has 108 valence electrons. The van der Waals surface area contributed by atoms with Gasteiger partial charge in [-0.15, -0.1) is 0 Å². The second kappa shape index (κ2) is 6.19. The lowest BCUT2D eigenvalue weighted by Crippen LogP contribution is -2.46. The Morgan fingerprint density at radius 2 is 2.30 bits per heavy atom. The first-order valence-corrected chi connectivity index (χ1v) is 6.79. The molecule has 1 aliphatic heterocycles. The average Bonchev–Trinajstić information content (AvgIpc) is 2.38. The lowest BCUT2D eigenvalue weighted by molar-refractivity contribution is -0.384. The monoisotopic (exact) mass is 297 g/mol. The number of nitrogens with one attached hydrogen (secondary N) is 1. The average molecular weight is 298 g/mol. The topological polar surface area (TPSA) is 75.5 Å². The highest BCUT2D eigenvalue weighted by atomic mass is 35.5. The number of halogens is 1. The van der Waals surface area contributed by atoms with Gasteiger partial charge in [0.2, 0.25) is 0 Å². The zero-order chi connectivity index (χ0) is 14.7. The lowest BCUT2D eigenvalue weighted by atomic mass is 10.1. The van der Waals surface area contributed by atoms with Crippen LogP contribution in [0.25, 0.3) is 0 Å². The number of nitrogens with zero attached hydrogens (tertiary/aromatic N) is 2. The van der Waals surface area contributed by atoms with Crippen LogP contribution in [-0.4, -0.2) is 41.9 Å². The van der Waals surface area contributed by atoms with E-state index in [1.54, 1.807) is 0 Å². The first-order chi connectivity index (χ1) is 9.49. The third-order valence-electron chi connectivity index (χ3n) is 3.38. The molecule has 20 heavy (non-hydrogen) atoms. The summed E-state index contributed by atoms with van der Waals surface area (Å²) in [7, 11) is 2.00. The van der Waals surface area contributed by atoms with Crippen LogP contribution < -0.4 is 5.32 Å². The summed E-state index contributed by atoms with van der Waals surface area (Å²) in [4.78, 5) is 24.5. The van der Waals surface area contributed by atoms with E-state index in [0.717, 1.165) is 25.9 Å². The van der Waals surface area contributed by atoms with Crippen molar-refractivity contribution in [3.8, 4) is 0 Å². The summed E-state index contributed by atoms with van der Waals surface area (Å²) in [5.41, 5.74) is -0.103. The minimum Gasteiger partial charge on any atom is -0.348 e. The number of likely N-dealkylation sites (N-methyl/N-ethyl adjacent to an activating group) is 1. The summed E-state index contributed by atoms with van der Waals surface area (Å²) in [5.74, 6) is -0.362. The fourth-order valence-electron chi connectivity index (χ4n) is 2.38. The molecule has 0 spiro atoms. The number of nitro benzene ring substituents is 1. The maximum atomic E-state index is 12.2. The standard InChI is InChI=1S/C13H16ClN3O3/c1-16-7-3-4-9(8-16)15-13(18)10-5-2-6-11(12(10)14)17(19)20/h2,5-6,9H,3-4,7-8H2,1H3,(H,15,18). The number of nitro groups is 1. The van der Waals surface area contributed by atoms with Crippen molar-refractivity contribution in [3.05, 3.63) is 38.9 Å². The van der Waals surface area contributed by atoms with E-state index in [1.165, 1.54) is 18.2 Å². The van der Waals surface area contributed by atoms with Gasteiger partial charge in [0.15, 0.2) is 0 Å². The zero-order valence-electron chi connectivity index (χ0n) is 11.1. The highest BCUT2D eigenvalue weighted by Gasteiger charge is 2.23. The molecule has 1 amide bonds. The molecular formula is C13H16ClN3O3. The third-order valence-corrected chi connectivity index (χ3v) is 3.78. The Morgan fingerprint density at radius 1 is 1.55 bits per heavy atom. The predicted molar refractivity (Wildman–Crippen MR) is 76.1 cm³/mol. The van der Waals surface area contributed by atoms with Crippen LogP contribution >= 0.6 is 11.6 Å². The number of hydrogen-bond acceptors (Lipinski definition) is 4. The summed E-state index contributed by atoms with van der Waals surface area (Å²) in [6.07, 6.45) is 1.92. The van der Waals surface area contributed by atoms with Gasteiger partial charge in [0.05, 0.1) is 10.5 Å². The first kappa shape index (κ1) is 14.7. The molecule has 1 aromatic carbocycles. The molecule has 1 aromatic rings. The van der Waals surface area contributed by atoms with Crippen molar-refractivity contribution in [1.29, 1.82) is 0 Å². The number of amides is 1. The summed E-state index contributed by atoms with van der Waals surface area (Å²) in [6.45, 7) is 1.79. The van der Waals surface area contributed by atoms with Gasteiger partial charge in [-0.25, -0.2) is 0 Å². The van der Waals surface area contributed by atoms with Crippen LogP contribution in [0.4, 0.5) is 5.69 Å². The van der Waals surface area contributed by atoms with Crippen LogP contribution in [0.1, 0.15) is 23.2 Å². The predicted octanol–water partition coefficient (Wildman–Crippen LogP) is 2.07. The van der Waals surface area contributed by atoms with E-state index in [0.29, 0.717) is 0 Å². The Kier molecular flexibility index (Phi) is 4.57. The minimum atomic E-state index is -0.590. The molecule has 1 aliphatic rings. The van der Waals surface area contributed by atoms with Crippen LogP contribution in [0, 0.1) is 10.1 Å². The van der Waals surface area contributed by atoms with Gasteiger partial charge in [-0.1, -0.05) is 17.7 Å². The number of rotatable bonds is 3. The Balaban J connectivity index is 2.13. The molecule has 1 atom stereocenters. The van der Waals surface area contributed by atoms with Gasteiger partial charge in [0, 0.05) is 18.7 Å². The molecule has 1 unspecified atom stereocenters. The van der Waals surface area contributed by atoms with Gasteiger partial charge in [-0.05, 0) is 32.5 Å². The zero-order valence-corrected chi connectivity index (χ0v) is 11.9. The molecule has 6 nitrogen and oxygen atoms in total. The molecule has 7 heteroatoms. The van der Waals surface area contributed by atoms with Crippen molar-refractivity contribution in [2.75, 3.05) is 20.1 Å². The first-order valence-electron chi connectivity index (χ1n) is 6.41. The highest BCUT2D eigenvalue weighted by molar-refractivity contribution is 6.35. The van der Waals surface area contributed by atoms with Crippen LogP contribution in [0.3, 0.4) is 0 Å². The highest BCUT2D eigenvalue weighted by Crippen LogP contribution is 2.27. The van der Waals surface area contributed by atoms with Crippen LogP contribution in [0.2, 0.25) is 5.02 Å². The van der Waals surface area contributed by atoms with Crippen LogP contribution in [0.5, 0.6) is 0 Å². The van der Waals surface area contributed by atoms with Gasteiger partial charge in [0.25, 0.3) is 11.6 Å². The SMILES string of the molecule is CN1CCCC(NC(=O)c2cccc([N+](=O)[O-])c2Cl)C1. The number of carbonyl (C=O) groups excluding carboxylic acids is 1. The fourth-order valence-corrected chi connectivity index (χ4v) is 2.66. The van der Waals surface area contributed by atoms with E-state index in [-0.39, 0.29) is 28.2 Å². The van der Waals surface area contributed by atoms with Gasteiger partial charge in [0.1, 0.15) is 5.02 Å². The van der Waals surface area contributed by atoms with E-state index < -0.39 is 4.92 Å². The summed E-state index contributed by atoms with van der Waals surface area (Å²) >= 11 is 5.93. The number of carbonyl (C=O) groups is 1. The van der Waals surface area contributed by atoms with Gasteiger partial charge >= 0.3 is 0 Å². The van der Waals surface area contributed by atoms with Crippen molar-refractivity contribution < 1.29 is 9.72 Å². The third kappa shape index (κ3) is 3.26. The van der Waals surface area contributed by atoms with Crippen LogP contribution in [0.15, 0.2) is 18.2 Å². The molecule has 0 saturated carbocycles. The van der Waals surface area contributed by atoms with Crippen molar-refractivity contribution in [1.82, 2.24) is 10.2 Å². The van der Waals surface area contributed by atoms with E-state index in [4.69, 9.17) is 11.6 Å². The fraction of sp³-hybridized carbons (Fsp3) is 0.462. The Morgan fingerprint density at radius 3 is 2.95 bits per heavy atom. The maximum absolute atomic E-state index is 12.2. The smallest absolute Gasteiger partial charge is 0.288 e. The minimum absolute atomic E-state index is 0.0524. The normalized spacial score (nSPS) is 19.6. The number of piperidine rings is 1. The second-order valence-electron chi connectivity index (χ2n) is 4.97. The molecule has 0 aromatic heterocycles. The summed E-state index contributed by atoms with van der Waals surface area (Å²) in [6, 6.07) is 4.30. The van der Waals surface area contributed by atoms with Gasteiger partial charge in [-0.3, -0.25) is 14.9 Å². The molecule has 1 heterocycles. The summed E-state index contributed by atoms with van der Waals surface area (Å²) < 4.78 is 0. The van der Waals surface area contributed by atoms with Crippen molar-refractivity contribution >= 4 is 23.2 Å². The molecule has 0 radical (unpaired) electrons. The van der Waals surface area contributed by atoms with Crippen molar-refractivity contribution in [3.63, 3.8) is 0 Å². The lowest BCUT2D eigenvalue weighted by Gasteiger charge is -2.30. The van der Waals surface area contributed by atoms with Crippen molar-refractivity contribution in [2.24, 2.45) is 0 Å². The summed E-state index contributed by atoms with van der Waals surface area (Å²) in [5, 5.41) is 13.6. The number of likely N-dealkylation sites (tertiary alicyclic amines) is 1. The van der Waals surface area contributed by atoms with E-state index in [1.807, 2.05) is 7.05 Å². The van der Waals surface area contributed by atoms with E-state index in [9.17, 15) is 14.9 Å². The van der Waals surface area contributed by atoms with E-state index in [2.05, 4.69) is 10.2 Å². The molecular weight excluding hydrogens is 282 g/mol. The molecule has 1 N–H and O–H groups in total. The second-order valence-corrected chi connectivity index (χ2v) is 5.35. The largest absolute Gasteiger partial charge is 0.348 e. The molecule has 1 saturated heterocycles. The molecule has 0 bridgehead atoms. The molecule has 2 rings (SSSR count).